The van der Waals surface area contributed by atoms with E-state index in [1.54, 1.807) is 19.1 Å². The molecule has 2 heterocycles. The average Bonchev–Trinajstić information content (AvgIpc) is 2.91. The van der Waals surface area contributed by atoms with Crippen LogP contribution in [-0.4, -0.2) is 39.3 Å². The van der Waals surface area contributed by atoms with E-state index in [2.05, 4.69) is 32.3 Å². The molecule has 0 aromatic carbocycles. The number of carbonyl (C=O) groups excluding carboxylic acids is 1. The Kier molecular flexibility index (Phi) is 5.01. The second-order valence-corrected chi connectivity index (χ2v) is 4.09. The third-order valence-electron chi connectivity index (χ3n) is 2.53. The van der Waals surface area contributed by atoms with Gasteiger partial charge in [0, 0.05) is 26.1 Å². The summed E-state index contributed by atoms with van der Waals surface area (Å²) in [6.07, 6.45) is 1.98. The van der Waals surface area contributed by atoms with Crippen molar-refractivity contribution in [1.82, 2.24) is 20.4 Å². The molecule has 0 unspecified atom stereocenters. The van der Waals surface area contributed by atoms with Crippen LogP contribution in [0.4, 0.5) is 0 Å². The van der Waals surface area contributed by atoms with E-state index < -0.39 is 0 Å². The third kappa shape index (κ3) is 4.12. The van der Waals surface area contributed by atoms with Gasteiger partial charge in [0.25, 0.3) is 5.91 Å². The van der Waals surface area contributed by atoms with E-state index in [1.165, 1.54) is 6.20 Å². The molecule has 108 valence electrons. The maximum atomic E-state index is 12.1. The van der Waals surface area contributed by atoms with Crippen molar-refractivity contribution in [3.63, 3.8) is 0 Å². The largest absolute Gasteiger partial charge is 0.384 e. The monoisotopic (exact) mass is 286 g/mol. The van der Waals surface area contributed by atoms with Crippen molar-refractivity contribution in [2.75, 3.05) is 13.2 Å². The number of nitrogens with zero attached hydrogens (tertiary/aromatic N) is 3. The predicted molar refractivity (Wildman–Crippen MR) is 73.3 cm³/mol. The van der Waals surface area contributed by atoms with E-state index >= 15 is 0 Å². The number of aromatic nitrogens is 3. The van der Waals surface area contributed by atoms with Gasteiger partial charge < -0.3 is 14.9 Å². The summed E-state index contributed by atoms with van der Waals surface area (Å²) in [5.41, 5.74) is 0.696. The molecule has 1 amide bonds. The second kappa shape index (κ2) is 7.17. The first-order valence-electron chi connectivity index (χ1n) is 6.33. The number of hydrogen-bond donors (Lipinski definition) is 2. The van der Waals surface area contributed by atoms with Gasteiger partial charge in [0.2, 0.25) is 5.89 Å². The van der Waals surface area contributed by atoms with E-state index in [4.69, 9.17) is 9.63 Å². The van der Waals surface area contributed by atoms with Crippen LogP contribution in [0.5, 0.6) is 0 Å². The van der Waals surface area contributed by atoms with E-state index in [0.717, 1.165) is 0 Å². The SMILES string of the molecule is Cc1nc(CCNC(=O)c2ncccc2C#CCO)no1. The van der Waals surface area contributed by atoms with Gasteiger partial charge in [0.15, 0.2) is 5.82 Å². The molecule has 2 aromatic rings. The van der Waals surface area contributed by atoms with Gasteiger partial charge in [-0.15, -0.1) is 0 Å². The Hall–Kier alpha value is -2.72. The van der Waals surface area contributed by atoms with Crippen LogP contribution in [0.1, 0.15) is 27.8 Å². The smallest absolute Gasteiger partial charge is 0.271 e. The van der Waals surface area contributed by atoms with Crippen molar-refractivity contribution in [2.45, 2.75) is 13.3 Å². The Morgan fingerprint density at radius 1 is 1.52 bits per heavy atom. The van der Waals surface area contributed by atoms with Crippen LogP contribution in [-0.2, 0) is 6.42 Å². The Labute approximate surface area is 121 Å². The van der Waals surface area contributed by atoms with Crippen molar-refractivity contribution in [1.29, 1.82) is 0 Å². The van der Waals surface area contributed by atoms with Crippen LogP contribution >= 0.6 is 0 Å². The lowest BCUT2D eigenvalue weighted by Gasteiger charge is -2.04. The Morgan fingerprint density at radius 2 is 2.38 bits per heavy atom. The fourth-order valence-electron chi connectivity index (χ4n) is 1.64. The maximum absolute atomic E-state index is 12.1. The van der Waals surface area contributed by atoms with Gasteiger partial charge in [0.1, 0.15) is 12.3 Å². The third-order valence-corrected chi connectivity index (χ3v) is 2.53. The van der Waals surface area contributed by atoms with E-state index in [9.17, 15) is 4.79 Å². The number of carbonyl (C=O) groups is 1. The van der Waals surface area contributed by atoms with Crippen molar-refractivity contribution in [3.05, 3.63) is 41.3 Å². The van der Waals surface area contributed by atoms with E-state index in [1.807, 2.05) is 0 Å². The molecule has 0 saturated heterocycles. The number of nitrogens with one attached hydrogen (secondary N) is 1. The number of aliphatic hydroxyl groups excluding tert-OH is 1. The highest BCUT2D eigenvalue weighted by Gasteiger charge is 2.11. The van der Waals surface area contributed by atoms with Gasteiger partial charge in [0.05, 0.1) is 5.56 Å². The average molecular weight is 286 g/mol. The first-order chi connectivity index (χ1) is 10.2. The number of amides is 1. The highest BCUT2D eigenvalue weighted by molar-refractivity contribution is 5.94. The molecule has 2 rings (SSSR count). The summed E-state index contributed by atoms with van der Waals surface area (Å²) in [6.45, 7) is 1.80. The molecule has 7 heteroatoms. The summed E-state index contributed by atoms with van der Waals surface area (Å²) in [5.74, 6) is 5.88. The van der Waals surface area contributed by atoms with Crippen LogP contribution in [0, 0.1) is 18.8 Å². The first-order valence-corrected chi connectivity index (χ1v) is 6.33. The quantitative estimate of drug-likeness (QED) is 0.772. The van der Waals surface area contributed by atoms with Gasteiger partial charge >= 0.3 is 0 Å². The molecule has 0 aliphatic heterocycles. The van der Waals surface area contributed by atoms with Crippen molar-refractivity contribution in [2.24, 2.45) is 0 Å². The number of pyridine rings is 1. The van der Waals surface area contributed by atoms with Gasteiger partial charge in [-0.2, -0.15) is 4.98 Å². The Morgan fingerprint density at radius 3 is 3.10 bits per heavy atom. The Bertz CT molecular complexity index is 685. The van der Waals surface area contributed by atoms with Crippen molar-refractivity contribution < 1.29 is 14.4 Å². The molecule has 0 radical (unpaired) electrons. The maximum Gasteiger partial charge on any atom is 0.271 e. The molecule has 0 fully saturated rings. The highest BCUT2D eigenvalue weighted by atomic mass is 16.5. The molecule has 0 atom stereocenters. The molecule has 2 aromatic heterocycles. The van der Waals surface area contributed by atoms with Gasteiger partial charge in [-0.3, -0.25) is 4.79 Å². The summed E-state index contributed by atoms with van der Waals surface area (Å²) < 4.78 is 4.84. The predicted octanol–water partition coefficient (Wildman–Crippen LogP) is 0.0893. The summed E-state index contributed by atoms with van der Waals surface area (Å²) in [6, 6.07) is 3.35. The van der Waals surface area contributed by atoms with Crippen LogP contribution in [0.25, 0.3) is 0 Å². The first kappa shape index (κ1) is 14.7. The molecular formula is C14H14N4O3. The van der Waals surface area contributed by atoms with Gasteiger partial charge in [-0.1, -0.05) is 17.0 Å². The lowest BCUT2D eigenvalue weighted by molar-refractivity contribution is 0.0948. The van der Waals surface area contributed by atoms with Gasteiger partial charge in [-0.05, 0) is 12.1 Å². The van der Waals surface area contributed by atoms with Crippen molar-refractivity contribution in [3.8, 4) is 11.8 Å². The fourth-order valence-corrected chi connectivity index (χ4v) is 1.64. The molecule has 0 bridgehead atoms. The molecule has 7 nitrogen and oxygen atoms in total. The van der Waals surface area contributed by atoms with Crippen LogP contribution in [0.2, 0.25) is 0 Å². The summed E-state index contributed by atoms with van der Waals surface area (Å²) in [4.78, 5) is 20.1. The zero-order valence-electron chi connectivity index (χ0n) is 11.5. The topological polar surface area (TPSA) is 101 Å². The normalized spacial score (nSPS) is 9.81. The van der Waals surface area contributed by atoms with Crippen molar-refractivity contribution >= 4 is 5.91 Å². The summed E-state index contributed by atoms with van der Waals surface area (Å²) in [7, 11) is 0. The molecular weight excluding hydrogens is 272 g/mol. The molecule has 2 N–H and O–H groups in total. The minimum absolute atomic E-state index is 0.225. The Balaban J connectivity index is 1.97. The van der Waals surface area contributed by atoms with Gasteiger partial charge in [-0.25, -0.2) is 4.98 Å². The minimum atomic E-state index is -0.335. The minimum Gasteiger partial charge on any atom is -0.384 e. The number of rotatable bonds is 4. The molecule has 0 aliphatic carbocycles. The van der Waals surface area contributed by atoms with Crippen LogP contribution in [0.3, 0.4) is 0 Å². The van der Waals surface area contributed by atoms with E-state index in [-0.39, 0.29) is 18.2 Å². The molecule has 0 spiro atoms. The van der Waals surface area contributed by atoms with E-state index in [0.29, 0.717) is 30.2 Å². The lowest BCUT2D eigenvalue weighted by Crippen LogP contribution is -2.27. The van der Waals surface area contributed by atoms with Crippen LogP contribution in [0.15, 0.2) is 22.9 Å². The van der Waals surface area contributed by atoms with Crippen LogP contribution < -0.4 is 5.32 Å². The zero-order valence-corrected chi connectivity index (χ0v) is 11.5. The molecule has 0 saturated carbocycles. The zero-order chi connectivity index (χ0) is 15.1. The highest BCUT2D eigenvalue weighted by Crippen LogP contribution is 2.03. The number of hydrogen-bond acceptors (Lipinski definition) is 6. The number of aliphatic hydroxyl groups is 1. The molecule has 21 heavy (non-hydrogen) atoms. The lowest BCUT2D eigenvalue weighted by atomic mass is 10.2. The molecule has 0 aliphatic rings. The summed E-state index contributed by atoms with van der Waals surface area (Å²) >= 11 is 0. The number of aryl methyl sites for hydroxylation is 1. The second-order valence-electron chi connectivity index (χ2n) is 4.09. The fraction of sp³-hybridized carbons (Fsp3) is 0.286. The standard InChI is InChI=1S/C14H14N4O3/c1-10-17-12(18-21-10)6-8-16-14(20)13-11(5-3-9-19)4-2-7-15-13/h2,4,7,19H,6,8-9H2,1H3,(H,16,20). The summed E-state index contributed by atoms with van der Waals surface area (Å²) in [5, 5.41) is 15.2.